The second kappa shape index (κ2) is 7.60. The molecule has 4 aliphatic rings. The Labute approximate surface area is 174 Å². The first kappa shape index (κ1) is 20.7. The normalized spacial score (nSPS) is 43.7. The first-order valence-corrected chi connectivity index (χ1v) is 12.4. The van der Waals surface area contributed by atoms with Crippen LogP contribution < -0.4 is 0 Å². The predicted molar refractivity (Wildman–Crippen MR) is 119 cm³/mol. The Morgan fingerprint density at radius 1 is 1.00 bits per heavy atom. The van der Waals surface area contributed by atoms with Gasteiger partial charge in [0.25, 0.3) is 0 Å². The first-order chi connectivity index (χ1) is 13.3. The molecule has 0 bridgehead atoms. The predicted octanol–water partition coefficient (Wildman–Crippen LogP) is 7.31. The highest BCUT2D eigenvalue weighted by Gasteiger charge is 2.56. The second-order valence-corrected chi connectivity index (χ2v) is 11.8. The lowest BCUT2D eigenvalue weighted by Crippen LogP contribution is -2.51. The van der Waals surface area contributed by atoms with Gasteiger partial charge in [-0.3, -0.25) is 0 Å². The summed E-state index contributed by atoms with van der Waals surface area (Å²) in [6.07, 6.45) is 17.9. The van der Waals surface area contributed by atoms with Crippen molar-refractivity contribution in [1.29, 1.82) is 0 Å². The number of allylic oxidation sites excluding steroid dienone is 4. The topological polar surface area (TPSA) is 20.2 Å². The van der Waals surface area contributed by atoms with Crippen LogP contribution in [0.2, 0.25) is 0 Å². The Balaban J connectivity index is 1.48. The highest BCUT2D eigenvalue weighted by molar-refractivity contribution is 5.44. The van der Waals surface area contributed by atoms with E-state index in [1.807, 2.05) is 0 Å². The molecule has 0 spiro atoms. The summed E-state index contributed by atoms with van der Waals surface area (Å²) in [6.45, 7) is 12.3. The van der Waals surface area contributed by atoms with Gasteiger partial charge < -0.3 is 5.11 Å². The molecule has 158 valence electrons. The number of fused-ring (bicyclic) bond motifs is 5. The molecule has 4 rings (SSSR count). The molecule has 0 unspecified atom stereocenters. The summed E-state index contributed by atoms with van der Waals surface area (Å²) >= 11 is 0. The van der Waals surface area contributed by atoms with Gasteiger partial charge in [-0.2, -0.15) is 0 Å². The van der Waals surface area contributed by atoms with Crippen molar-refractivity contribution in [1.82, 2.24) is 0 Å². The van der Waals surface area contributed by atoms with Gasteiger partial charge in [-0.25, -0.2) is 0 Å². The van der Waals surface area contributed by atoms with Crippen molar-refractivity contribution >= 4 is 0 Å². The first-order valence-electron chi connectivity index (χ1n) is 12.4. The van der Waals surface area contributed by atoms with Crippen LogP contribution in [0, 0.1) is 40.4 Å². The van der Waals surface area contributed by atoms with Crippen molar-refractivity contribution < 1.29 is 5.11 Å². The lowest BCUT2D eigenvalue weighted by Gasteiger charge is -2.59. The van der Waals surface area contributed by atoms with Crippen LogP contribution in [0.3, 0.4) is 0 Å². The largest absolute Gasteiger partial charge is 0.393 e. The lowest BCUT2D eigenvalue weighted by molar-refractivity contribution is -0.0798. The van der Waals surface area contributed by atoms with Crippen LogP contribution in [0.15, 0.2) is 23.3 Å². The quantitative estimate of drug-likeness (QED) is 0.527. The number of aliphatic hydroxyl groups excluding tert-OH is 1. The van der Waals surface area contributed by atoms with Crippen LogP contribution in [0.25, 0.3) is 0 Å². The zero-order chi connectivity index (χ0) is 20.1. The van der Waals surface area contributed by atoms with Crippen molar-refractivity contribution in [3.05, 3.63) is 23.3 Å². The van der Waals surface area contributed by atoms with Gasteiger partial charge in [-0.1, -0.05) is 70.8 Å². The van der Waals surface area contributed by atoms with E-state index in [-0.39, 0.29) is 6.10 Å². The van der Waals surface area contributed by atoms with Gasteiger partial charge in [0.05, 0.1) is 6.10 Å². The van der Waals surface area contributed by atoms with E-state index < -0.39 is 0 Å². The smallest absolute Gasteiger partial charge is 0.0543 e. The molecule has 28 heavy (non-hydrogen) atoms. The Hall–Kier alpha value is -0.560. The molecule has 7 atom stereocenters. The molecule has 0 aromatic carbocycles. The van der Waals surface area contributed by atoms with Crippen LogP contribution in [0.4, 0.5) is 0 Å². The minimum absolute atomic E-state index is 0.0332. The summed E-state index contributed by atoms with van der Waals surface area (Å²) < 4.78 is 0. The molecular weight excluding hydrogens is 340 g/mol. The fourth-order valence-corrected chi connectivity index (χ4v) is 7.95. The highest BCUT2D eigenvalue weighted by atomic mass is 16.3. The van der Waals surface area contributed by atoms with E-state index in [0.717, 1.165) is 42.4 Å². The summed E-state index contributed by atoms with van der Waals surface area (Å²) in [5.41, 5.74) is 4.35. The van der Waals surface area contributed by atoms with Crippen LogP contribution in [-0.4, -0.2) is 11.2 Å². The molecule has 3 fully saturated rings. The van der Waals surface area contributed by atoms with E-state index in [0.29, 0.717) is 10.8 Å². The Kier molecular flexibility index (Phi) is 5.62. The maximum absolute atomic E-state index is 10.2. The van der Waals surface area contributed by atoms with Crippen LogP contribution in [-0.2, 0) is 0 Å². The van der Waals surface area contributed by atoms with Gasteiger partial charge in [-0.05, 0) is 86.4 Å². The van der Waals surface area contributed by atoms with Gasteiger partial charge in [0.2, 0.25) is 0 Å². The molecule has 1 N–H and O–H groups in total. The van der Waals surface area contributed by atoms with Crippen LogP contribution >= 0.6 is 0 Å². The summed E-state index contributed by atoms with van der Waals surface area (Å²) in [4.78, 5) is 0. The summed E-state index contributed by atoms with van der Waals surface area (Å²) in [5.74, 6) is 3.96. The SMILES string of the molecule is CC(C)CCC[C@@H](C)C1=CC=C2[C@@H]3CC[C@H]4C[C@@H](O)CC[C@]4(C)[C@H]3CC[C@]12C. The molecule has 0 radical (unpaired) electrons. The van der Waals surface area contributed by atoms with E-state index in [1.54, 1.807) is 11.1 Å². The van der Waals surface area contributed by atoms with E-state index in [9.17, 15) is 5.11 Å². The average molecular weight is 385 g/mol. The molecule has 0 amide bonds. The van der Waals surface area contributed by atoms with E-state index in [2.05, 4.69) is 46.8 Å². The van der Waals surface area contributed by atoms with Crippen molar-refractivity contribution in [2.45, 2.75) is 105 Å². The van der Waals surface area contributed by atoms with Gasteiger partial charge in [-0.15, -0.1) is 0 Å². The van der Waals surface area contributed by atoms with Crippen molar-refractivity contribution in [2.75, 3.05) is 0 Å². The van der Waals surface area contributed by atoms with Crippen molar-refractivity contribution in [2.24, 2.45) is 40.4 Å². The Bertz CT molecular complexity index is 643. The monoisotopic (exact) mass is 384 g/mol. The van der Waals surface area contributed by atoms with Gasteiger partial charge in [0, 0.05) is 5.41 Å². The zero-order valence-electron chi connectivity index (χ0n) is 19.1. The highest BCUT2D eigenvalue weighted by Crippen LogP contribution is 2.65. The Morgan fingerprint density at radius 3 is 2.54 bits per heavy atom. The zero-order valence-corrected chi connectivity index (χ0v) is 19.1. The molecule has 0 aliphatic heterocycles. The fraction of sp³-hybridized carbons (Fsp3) is 0.852. The second-order valence-electron chi connectivity index (χ2n) is 11.8. The Morgan fingerprint density at radius 2 is 1.79 bits per heavy atom. The maximum Gasteiger partial charge on any atom is 0.0543 e. The van der Waals surface area contributed by atoms with Gasteiger partial charge >= 0.3 is 0 Å². The molecule has 1 nitrogen and oxygen atoms in total. The van der Waals surface area contributed by atoms with Gasteiger partial charge in [0.1, 0.15) is 0 Å². The maximum atomic E-state index is 10.2. The minimum Gasteiger partial charge on any atom is -0.393 e. The van der Waals surface area contributed by atoms with E-state index >= 15 is 0 Å². The molecule has 0 heterocycles. The molecule has 0 saturated heterocycles. The fourth-order valence-electron chi connectivity index (χ4n) is 7.95. The third-order valence-electron chi connectivity index (χ3n) is 9.69. The molecule has 3 saturated carbocycles. The molecule has 4 aliphatic carbocycles. The van der Waals surface area contributed by atoms with Crippen LogP contribution in [0.5, 0.6) is 0 Å². The van der Waals surface area contributed by atoms with Crippen molar-refractivity contribution in [3.63, 3.8) is 0 Å². The molecule has 1 heteroatoms. The van der Waals surface area contributed by atoms with Gasteiger partial charge in [0.15, 0.2) is 0 Å². The molecular formula is C27H44O. The van der Waals surface area contributed by atoms with E-state index in [1.165, 1.54) is 51.4 Å². The van der Waals surface area contributed by atoms with E-state index in [4.69, 9.17) is 0 Å². The number of hydrogen-bond acceptors (Lipinski definition) is 1. The average Bonchev–Trinajstić information content (AvgIpc) is 2.99. The third kappa shape index (κ3) is 3.34. The third-order valence-corrected chi connectivity index (χ3v) is 9.69. The molecule has 0 aromatic heterocycles. The summed E-state index contributed by atoms with van der Waals surface area (Å²) in [5, 5.41) is 10.2. The lowest BCUT2D eigenvalue weighted by atomic mass is 9.46. The summed E-state index contributed by atoms with van der Waals surface area (Å²) in [7, 11) is 0. The van der Waals surface area contributed by atoms with Crippen molar-refractivity contribution in [3.8, 4) is 0 Å². The molecule has 0 aromatic rings. The standard InChI is InChI=1S/C27H44O/c1-18(2)7-6-8-19(3)23-11-12-24-22-10-9-20-17-21(28)13-15-26(20,4)25(22)14-16-27(23,24)5/h11-12,18-22,25,28H,6-10,13-17H2,1-5H3/t19-,20+,21+,22+,25+,26+,27-/m1/s1. The number of hydrogen-bond donors (Lipinski definition) is 1. The number of aliphatic hydroxyl groups is 1. The van der Waals surface area contributed by atoms with Crippen LogP contribution in [0.1, 0.15) is 98.8 Å². The number of rotatable bonds is 5. The summed E-state index contributed by atoms with van der Waals surface area (Å²) in [6, 6.07) is 0. The minimum atomic E-state index is -0.0332.